The average molecular weight is 354 g/mol. The van der Waals surface area contributed by atoms with E-state index in [9.17, 15) is 18.0 Å². The van der Waals surface area contributed by atoms with Gasteiger partial charge in [0, 0.05) is 5.92 Å². The molecule has 0 bridgehead atoms. The Morgan fingerprint density at radius 1 is 1.16 bits per heavy atom. The van der Waals surface area contributed by atoms with Crippen LogP contribution < -0.4 is 0 Å². The third-order valence-electron chi connectivity index (χ3n) is 5.35. The molecule has 0 N–H and O–H groups in total. The standard InChI is InChI=1S/C20H25F3O2/c1-13-10-11-16(19(3,4)15-8-6-5-7-9-15)17(12-13)25-18(24)14(2)20(21,22)23/h5-9,13,16-17H,2,10-12H2,1,3-4H3/t13-,16-,17-/m1/s1. The van der Waals surface area contributed by atoms with Crippen LogP contribution in [-0.4, -0.2) is 18.2 Å². The van der Waals surface area contributed by atoms with Crippen molar-refractivity contribution in [3.8, 4) is 0 Å². The fraction of sp³-hybridized carbons (Fsp3) is 0.550. The van der Waals surface area contributed by atoms with Crippen LogP contribution in [0.3, 0.4) is 0 Å². The first-order chi connectivity index (χ1) is 11.5. The Bertz CT molecular complexity index is 620. The van der Waals surface area contributed by atoms with E-state index in [1.165, 1.54) is 0 Å². The lowest BCUT2D eigenvalue weighted by Gasteiger charge is -2.44. The highest BCUT2D eigenvalue weighted by Gasteiger charge is 2.44. The Hall–Kier alpha value is -1.78. The second kappa shape index (κ2) is 7.22. The molecule has 0 aliphatic heterocycles. The normalized spacial score (nSPS) is 24.6. The molecular weight excluding hydrogens is 329 g/mol. The largest absolute Gasteiger partial charge is 0.458 e. The first-order valence-electron chi connectivity index (χ1n) is 8.56. The maximum atomic E-state index is 12.7. The quantitative estimate of drug-likeness (QED) is 0.532. The van der Waals surface area contributed by atoms with Crippen molar-refractivity contribution < 1.29 is 22.7 Å². The molecule has 5 heteroatoms. The molecule has 1 aromatic carbocycles. The van der Waals surface area contributed by atoms with Crippen molar-refractivity contribution >= 4 is 5.97 Å². The summed E-state index contributed by atoms with van der Waals surface area (Å²) in [6.45, 7) is 9.01. The zero-order valence-corrected chi connectivity index (χ0v) is 14.9. The summed E-state index contributed by atoms with van der Waals surface area (Å²) in [4.78, 5) is 11.9. The fourth-order valence-corrected chi connectivity index (χ4v) is 3.69. The minimum Gasteiger partial charge on any atom is -0.458 e. The molecule has 0 unspecified atom stereocenters. The molecule has 3 atom stereocenters. The Labute approximate surface area is 147 Å². The number of alkyl halides is 3. The highest BCUT2D eigenvalue weighted by Crippen LogP contribution is 2.44. The van der Waals surface area contributed by atoms with Crippen molar-refractivity contribution in [2.24, 2.45) is 11.8 Å². The number of esters is 1. The van der Waals surface area contributed by atoms with Crippen LogP contribution in [0.4, 0.5) is 13.2 Å². The van der Waals surface area contributed by atoms with Gasteiger partial charge in [-0.05, 0) is 29.7 Å². The lowest BCUT2D eigenvalue weighted by atomic mass is 9.64. The van der Waals surface area contributed by atoms with E-state index in [1.807, 2.05) is 37.3 Å². The van der Waals surface area contributed by atoms with E-state index in [0.29, 0.717) is 12.3 Å². The number of carbonyl (C=O) groups excluding carboxylic acids is 1. The Morgan fingerprint density at radius 3 is 2.32 bits per heavy atom. The number of hydrogen-bond donors (Lipinski definition) is 0. The van der Waals surface area contributed by atoms with Crippen molar-refractivity contribution in [2.45, 2.75) is 57.7 Å². The summed E-state index contributed by atoms with van der Waals surface area (Å²) in [6, 6.07) is 9.81. The number of hydrogen-bond acceptors (Lipinski definition) is 2. The van der Waals surface area contributed by atoms with Gasteiger partial charge in [0.15, 0.2) is 0 Å². The van der Waals surface area contributed by atoms with Crippen LogP contribution >= 0.6 is 0 Å². The van der Waals surface area contributed by atoms with E-state index in [1.54, 1.807) is 0 Å². The maximum Gasteiger partial charge on any atom is 0.422 e. The first-order valence-corrected chi connectivity index (χ1v) is 8.56. The van der Waals surface area contributed by atoms with Gasteiger partial charge in [0.25, 0.3) is 0 Å². The van der Waals surface area contributed by atoms with Gasteiger partial charge in [-0.2, -0.15) is 13.2 Å². The number of carbonyl (C=O) groups is 1. The molecule has 1 saturated carbocycles. The molecule has 1 aliphatic rings. The third kappa shape index (κ3) is 4.44. The van der Waals surface area contributed by atoms with Crippen LogP contribution in [0.1, 0.15) is 45.6 Å². The molecule has 138 valence electrons. The Morgan fingerprint density at radius 2 is 1.76 bits per heavy atom. The first kappa shape index (κ1) is 19.5. The smallest absolute Gasteiger partial charge is 0.422 e. The van der Waals surface area contributed by atoms with Crippen molar-refractivity contribution in [1.82, 2.24) is 0 Å². The number of halogens is 3. The van der Waals surface area contributed by atoms with Gasteiger partial charge in [-0.3, -0.25) is 0 Å². The van der Waals surface area contributed by atoms with Crippen LogP contribution in [0.2, 0.25) is 0 Å². The minimum atomic E-state index is -4.76. The summed E-state index contributed by atoms with van der Waals surface area (Å²) in [5.41, 5.74) is -0.668. The second-order valence-corrected chi connectivity index (χ2v) is 7.53. The molecule has 2 nitrogen and oxygen atoms in total. The SMILES string of the molecule is C=C(C(=O)O[C@@H]1C[C@H](C)CC[C@H]1C(C)(C)c1ccccc1)C(F)(F)F. The number of ether oxygens (including phenoxy) is 1. The van der Waals surface area contributed by atoms with Crippen molar-refractivity contribution in [2.75, 3.05) is 0 Å². The predicted octanol–water partition coefficient (Wildman–Crippen LogP) is 5.43. The van der Waals surface area contributed by atoms with Gasteiger partial charge in [-0.25, -0.2) is 4.79 Å². The van der Waals surface area contributed by atoms with Gasteiger partial charge >= 0.3 is 12.1 Å². The van der Waals surface area contributed by atoms with Crippen LogP contribution in [-0.2, 0) is 14.9 Å². The zero-order valence-electron chi connectivity index (χ0n) is 14.9. The van der Waals surface area contributed by atoms with E-state index in [2.05, 4.69) is 20.4 Å². The highest BCUT2D eigenvalue weighted by molar-refractivity contribution is 5.89. The van der Waals surface area contributed by atoms with E-state index in [-0.39, 0.29) is 11.3 Å². The van der Waals surface area contributed by atoms with Gasteiger partial charge < -0.3 is 4.74 Å². The molecule has 0 aromatic heterocycles. The summed E-state index contributed by atoms with van der Waals surface area (Å²) in [5, 5.41) is 0. The van der Waals surface area contributed by atoms with Crippen LogP contribution in [0, 0.1) is 11.8 Å². The summed E-state index contributed by atoms with van der Waals surface area (Å²) >= 11 is 0. The molecule has 0 spiro atoms. The van der Waals surface area contributed by atoms with Gasteiger partial charge in [0.05, 0.1) is 0 Å². The lowest BCUT2D eigenvalue weighted by Crippen LogP contribution is -2.44. The van der Waals surface area contributed by atoms with E-state index in [0.717, 1.165) is 18.4 Å². The highest BCUT2D eigenvalue weighted by atomic mass is 19.4. The van der Waals surface area contributed by atoms with Crippen molar-refractivity contribution in [1.29, 1.82) is 0 Å². The average Bonchev–Trinajstić information content (AvgIpc) is 2.54. The maximum absolute atomic E-state index is 12.7. The zero-order chi connectivity index (χ0) is 18.8. The predicted molar refractivity (Wildman–Crippen MR) is 91.0 cm³/mol. The molecule has 1 fully saturated rings. The molecule has 0 heterocycles. The van der Waals surface area contributed by atoms with E-state index in [4.69, 9.17) is 4.74 Å². The van der Waals surface area contributed by atoms with Gasteiger partial charge in [0.1, 0.15) is 11.7 Å². The number of benzene rings is 1. The second-order valence-electron chi connectivity index (χ2n) is 7.53. The van der Waals surface area contributed by atoms with Crippen LogP contribution in [0.5, 0.6) is 0 Å². The fourth-order valence-electron chi connectivity index (χ4n) is 3.69. The molecule has 25 heavy (non-hydrogen) atoms. The summed E-state index contributed by atoms with van der Waals surface area (Å²) < 4.78 is 43.5. The van der Waals surface area contributed by atoms with Crippen LogP contribution in [0.25, 0.3) is 0 Å². The molecule has 0 radical (unpaired) electrons. The number of rotatable bonds is 4. The molecule has 0 saturated heterocycles. The molecule has 0 amide bonds. The topological polar surface area (TPSA) is 26.3 Å². The van der Waals surface area contributed by atoms with Crippen LogP contribution in [0.15, 0.2) is 42.5 Å². The van der Waals surface area contributed by atoms with Gasteiger partial charge in [-0.1, -0.05) is 64.1 Å². The molecule has 2 rings (SSSR count). The van der Waals surface area contributed by atoms with Gasteiger partial charge in [-0.15, -0.1) is 0 Å². The summed E-state index contributed by atoms with van der Waals surface area (Å²) in [5.74, 6) is -1.10. The van der Waals surface area contributed by atoms with E-state index >= 15 is 0 Å². The van der Waals surface area contributed by atoms with Crippen molar-refractivity contribution in [3.05, 3.63) is 48.0 Å². The van der Waals surface area contributed by atoms with Crippen molar-refractivity contribution in [3.63, 3.8) is 0 Å². The third-order valence-corrected chi connectivity index (χ3v) is 5.35. The molecule has 1 aromatic rings. The monoisotopic (exact) mass is 354 g/mol. The van der Waals surface area contributed by atoms with Gasteiger partial charge in [0.2, 0.25) is 0 Å². The molecule has 1 aliphatic carbocycles. The summed E-state index contributed by atoms with van der Waals surface area (Å²) in [7, 11) is 0. The Kier molecular flexibility index (Phi) is 5.65. The molecular formula is C20H25F3O2. The van der Waals surface area contributed by atoms with E-state index < -0.39 is 23.8 Å². The Balaban J connectivity index is 2.24. The summed E-state index contributed by atoms with van der Waals surface area (Å²) in [6.07, 6.45) is -2.97. The lowest BCUT2D eigenvalue weighted by molar-refractivity contribution is -0.162. The minimum absolute atomic E-state index is 0.0453.